The molecule has 104 valence electrons. The predicted octanol–water partition coefficient (Wildman–Crippen LogP) is 4.58. The quantitative estimate of drug-likeness (QED) is 0.661. The standard InChI is InChI=1S/C14H10F3NOS/c15-14(16,17)10-3-1-4-11(9-10)18-7-6-12(19)13-5-2-8-20-13/h1-9,18H/b7-6+. The van der Waals surface area contributed by atoms with E-state index in [0.29, 0.717) is 4.88 Å². The van der Waals surface area contributed by atoms with Crippen LogP contribution >= 0.6 is 11.3 Å². The van der Waals surface area contributed by atoms with Gasteiger partial charge in [-0.15, -0.1) is 11.3 Å². The maximum absolute atomic E-state index is 12.5. The third-order valence-electron chi connectivity index (χ3n) is 2.44. The summed E-state index contributed by atoms with van der Waals surface area (Å²) in [4.78, 5) is 12.2. The Morgan fingerprint density at radius 1 is 1.20 bits per heavy atom. The molecule has 0 saturated heterocycles. The summed E-state index contributed by atoms with van der Waals surface area (Å²) in [7, 11) is 0. The van der Waals surface area contributed by atoms with Gasteiger partial charge in [0.25, 0.3) is 0 Å². The van der Waals surface area contributed by atoms with Crippen LogP contribution in [0.5, 0.6) is 0 Å². The van der Waals surface area contributed by atoms with Gasteiger partial charge in [-0.3, -0.25) is 4.79 Å². The molecule has 0 saturated carbocycles. The van der Waals surface area contributed by atoms with Crippen LogP contribution < -0.4 is 5.32 Å². The summed E-state index contributed by atoms with van der Waals surface area (Å²) in [5.41, 5.74) is -0.462. The van der Waals surface area contributed by atoms with E-state index in [0.717, 1.165) is 12.1 Å². The number of hydrogen-bond donors (Lipinski definition) is 1. The number of carbonyl (C=O) groups excluding carboxylic acids is 1. The van der Waals surface area contributed by atoms with E-state index in [1.165, 1.54) is 35.7 Å². The monoisotopic (exact) mass is 297 g/mol. The van der Waals surface area contributed by atoms with Crippen LogP contribution in [0.25, 0.3) is 0 Å². The number of anilines is 1. The topological polar surface area (TPSA) is 29.1 Å². The number of carbonyl (C=O) groups is 1. The zero-order valence-corrected chi connectivity index (χ0v) is 11.0. The van der Waals surface area contributed by atoms with Crippen LogP contribution in [0.3, 0.4) is 0 Å². The molecule has 2 rings (SSSR count). The second kappa shape index (κ2) is 5.92. The van der Waals surface area contributed by atoms with Crippen molar-refractivity contribution in [2.45, 2.75) is 6.18 Å². The molecule has 0 aliphatic rings. The molecule has 0 unspecified atom stereocenters. The van der Waals surface area contributed by atoms with Gasteiger partial charge in [-0.25, -0.2) is 0 Å². The first-order valence-corrected chi connectivity index (χ1v) is 6.53. The molecule has 1 heterocycles. The van der Waals surface area contributed by atoms with Crippen molar-refractivity contribution in [2.75, 3.05) is 5.32 Å². The Morgan fingerprint density at radius 3 is 2.65 bits per heavy atom. The Bertz CT molecular complexity index is 618. The van der Waals surface area contributed by atoms with Crippen LogP contribution in [0.2, 0.25) is 0 Å². The van der Waals surface area contributed by atoms with E-state index in [1.807, 2.05) is 0 Å². The first-order chi connectivity index (χ1) is 9.47. The zero-order valence-electron chi connectivity index (χ0n) is 10.1. The Kier molecular flexibility index (Phi) is 4.24. The molecule has 1 N–H and O–H groups in total. The lowest BCUT2D eigenvalue weighted by atomic mass is 10.2. The van der Waals surface area contributed by atoms with E-state index in [9.17, 15) is 18.0 Å². The Morgan fingerprint density at radius 2 is 2.00 bits per heavy atom. The molecule has 0 amide bonds. The summed E-state index contributed by atoms with van der Waals surface area (Å²) in [5.74, 6) is -0.195. The van der Waals surface area contributed by atoms with E-state index in [4.69, 9.17) is 0 Å². The number of alkyl halides is 3. The molecule has 0 bridgehead atoms. The number of halogens is 3. The van der Waals surface area contributed by atoms with Crippen molar-refractivity contribution in [1.82, 2.24) is 0 Å². The summed E-state index contributed by atoms with van der Waals surface area (Å²) in [6, 6.07) is 8.22. The molecule has 0 fully saturated rings. The van der Waals surface area contributed by atoms with Gasteiger partial charge in [0.05, 0.1) is 10.4 Å². The molecule has 1 aromatic heterocycles. The van der Waals surface area contributed by atoms with Gasteiger partial charge >= 0.3 is 6.18 Å². The van der Waals surface area contributed by atoms with Gasteiger partial charge in [0.15, 0.2) is 5.78 Å². The van der Waals surface area contributed by atoms with E-state index in [1.54, 1.807) is 17.5 Å². The smallest absolute Gasteiger partial charge is 0.362 e. The highest BCUT2D eigenvalue weighted by molar-refractivity contribution is 7.12. The number of hydrogen-bond acceptors (Lipinski definition) is 3. The lowest BCUT2D eigenvalue weighted by Crippen LogP contribution is -2.05. The molecule has 6 heteroatoms. The van der Waals surface area contributed by atoms with Crippen molar-refractivity contribution in [2.24, 2.45) is 0 Å². The number of benzene rings is 1. The van der Waals surface area contributed by atoms with Crippen LogP contribution in [0.15, 0.2) is 54.1 Å². The average molecular weight is 297 g/mol. The highest BCUT2D eigenvalue weighted by Crippen LogP contribution is 2.30. The SMILES string of the molecule is O=C(/C=C/Nc1cccc(C(F)(F)F)c1)c1cccs1. The second-order valence-corrected chi connectivity index (χ2v) is 4.85. The van der Waals surface area contributed by atoms with Crippen molar-refractivity contribution in [1.29, 1.82) is 0 Å². The highest BCUT2D eigenvalue weighted by atomic mass is 32.1. The summed E-state index contributed by atoms with van der Waals surface area (Å²) >= 11 is 1.31. The minimum atomic E-state index is -4.38. The largest absolute Gasteiger partial charge is 0.416 e. The Balaban J connectivity index is 2.02. The fraction of sp³-hybridized carbons (Fsp3) is 0.0714. The molecular formula is C14H10F3NOS. The van der Waals surface area contributed by atoms with Gasteiger partial charge in [0, 0.05) is 18.0 Å². The first kappa shape index (κ1) is 14.3. The van der Waals surface area contributed by atoms with Crippen molar-refractivity contribution >= 4 is 22.8 Å². The van der Waals surface area contributed by atoms with Crippen molar-refractivity contribution in [3.8, 4) is 0 Å². The van der Waals surface area contributed by atoms with Gasteiger partial charge in [0.2, 0.25) is 0 Å². The van der Waals surface area contributed by atoms with Gasteiger partial charge in [-0.1, -0.05) is 12.1 Å². The average Bonchev–Trinajstić information content (AvgIpc) is 2.92. The normalized spacial score (nSPS) is 11.8. The third-order valence-corrected chi connectivity index (χ3v) is 3.32. The lowest BCUT2D eigenvalue weighted by molar-refractivity contribution is -0.137. The Hall–Kier alpha value is -2.08. The summed E-state index contributed by atoms with van der Waals surface area (Å²) in [6.07, 6.45) is -1.77. The summed E-state index contributed by atoms with van der Waals surface area (Å²) in [5, 5.41) is 4.43. The molecule has 20 heavy (non-hydrogen) atoms. The molecule has 0 aliphatic heterocycles. The predicted molar refractivity (Wildman–Crippen MR) is 72.9 cm³/mol. The van der Waals surface area contributed by atoms with Crippen LogP contribution in [0.1, 0.15) is 15.2 Å². The van der Waals surface area contributed by atoms with Crippen LogP contribution in [-0.2, 0) is 6.18 Å². The second-order valence-electron chi connectivity index (χ2n) is 3.90. The summed E-state index contributed by atoms with van der Waals surface area (Å²) < 4.78 is 37.5. The van der Waals surface area contributed by atoms with E-state index in [2.05, 4.69) is 5.32 Å². The third kappa shape index (κ3) is 3.71. The van der Waals surface area contributed by atoms with Crippen LogP contribution in [0.4, 0.5) is 18.9 Å². The number of rotatable bonds is 4. The van der Waals surface area contributed by atoms with Gasteiger partial charge < -0.3 is 5.32 Å². The van der Waals surface area contributed by atoms with Crippen LogP contribution in [-0.4, -0.2) is 5.78 Å². The molecule has 0 spiro atoms. The Labute approximate surface area is 117 Å². The first-order valence-electron chi connectivity index (χ1n) is 5.65. The molecule has 0 aliphatic carbocycles. The minimum Gasteiger partial charge on any atom is -0.362 e. The van der Waals surface area contributed by atoms with E-state index >= 15 is 0 Å². The molecule has 2 aromatic rings. The van der Waals surface area contributed by atoms with Crippen molar-refractivity contribution in [3.63, 3.8) is 0 Å². The number of nitrogens with one attached hydrogen (secondary N) is 1. The summed E-state index contributed by atoms with van der Waals surface area (Å²) in [6.45, 7) is 0. The maximum atomic E-state index is 12.5. The fourth-order valence-electron chi connectivity index (χ4n) is 1.50. The molecule has 0 atom stereocenters. The molecule has 0 radical (unpaired) electrons. The fourth-order valence-corrected chi connectivity index (χ4v) is 2.14. The molecule has 2 nitrogen and oxygen atoms in total. The molecular weight excluding hydrogens is 287 g/mol. The van der Waals surface area contributed by atoms with Crippen LogP contribution in [0, 0.1) is 0 Å². The molecule has 1 aromatic carbocycles. The van der Waals surface area contributed by atoms with E-state index < -0.39 is 11.7 Å². The van der Waals surface area contributed by atoms with Gasteiger partial charge in [-0.05, 0) is 29.6 Å². The highest BCUT2D eigenvalue weighted by Gasteiger charge is 2.30. The van der Waals surface area contributed by atoms with Gasteiger partial charge in [-0.2, -0.15) is 13.2 Å². The lowest BCUT2D eigenvalue weighted by Gasteiger charge is -2.08. The number of thiophene rings is 1. The van der Waals surface area contributed by atoms with Crippen molar-refractivity contribution in [3.05, 3.63) is 64.5 Å². The number of allylic oxidation sites excluding steroid dienone is 1. The minimum absolute atomic E-state index is 0.195. The zero-order chi connectivity index (χ0) is 14.6. The van der Waals surface area contributed by atoms with Gasteiger partial charge in [0.1, 0.15) is 0 Å². The maximum Gasteiger partial charge on any atom is 0.416 e. The van der Waals surface area contributed by atoms with Crippen molar-refractivity contribution < 1.29 is 18.0 Å². The van der Waals surface area contributed by atoms with E-state index in [-0.39, 0.29) is 11.5 Å². The number of ketones is 1.